The zero-order chi connectivity index (χ0) is 3.72. The van der Waals surface area contributed by atoms with Crippen molar-refractivity contribution in [3.8, 4) is 0 Å². The topological polar surface area (TPSA) is 21.9 Å². The first-order chi connectivity index (χ1) is 2.97. The Labute approximate surface area is 36.0 Å². The summed E-state index contributed by atoms with van der Waals surface area (Å²) in [5.41, 5.74) is 3.19. The van der Waals surface area contributed by atoms with Gasteiger partial charge in [-0.25, -0.2) is 0 Å². The second kappa shape index (κ2) is 0.310. The SMILES string of the molecule is C1C2C3=C(N3)[C@@H]12. The molecule has 3 aliphatic rings. The maximum atomic E-state index is 3.24. The highest BCUT2D eigenvalue weighted by Crippen LogP contribution is 2.65. The molecule has 1 unspecified atom stereocenters. The maximum absolute atomic E-state index is 3.24. The molecule has 0 aromatic rings. The van der Waals surface area contributed by atoms with E-state index >= 15 is 0 Å². The molecule has 1 nitrogen and oxygen atoms in total. The standard InChI is InChI=1S/C5H5N/c1-2-3(1)5-4(2)6-5/h2-3,6H,1H2/t2-,3?/m0/s1. The highest BCUT2D eigenvalue weighted by atomic mass is 15.1. The number of hydrogen-bond donors (Lipinski definition) is 1. The highest BCUT2D eigenvalue weighted by Gasteiger charge is 2.61. The highest BCUT2D eigenvalue weighted by molar-refractivity contribution is 5.52. The van der Waals surface area contributed by atoms with E-state index in [9.17, 15) is 0 Å². The van der Waals surface area contributed by atoms with E-state index in [1.807, 2.05) is 0 Å². The lowest BCUT2D eigenvalue weighted by Crippen LogP contribution is -1.80. The largest absolute Gasteiger partial charge is 0.359 e. The van der Waals surface area contributed by atoms with Crippen LogP contribution < -0.4 is 5.32 Å². The Morgan fingerprint density at radius 2 is 2.00 bits per heavy atom. The summed E-state index contributed by atoms with van der Waals surface area (Å²) >= 11 is 0. The predicted octanol–water partition coefficient (Wildman–Crippen LogP) is 0.451. The van der Waals surface area contributed by atoms with Crippen LogP contribution in [0.5, 0.6) is 0 Å². The Hall–Kier alpha value is -0.460. The van der Waals surface area contributed by atoms with Gasteiger partial charge < -0.3 is 5.32 Å². The summed E-state index contributed by atoms with van der Waals surface area (Å²) in [6.07, 6.45) is 1.48. The Morgan fingerprint density at radius 3 is 2.17 bits per heavy atom. The number of fused-ring (bicyclic) bond motifs is 3. The van der Waals surface area contributed by atoms with Crippen LogP contribution >= 0.6 is 0 Å². The van der Waals surface area contributed by atoms with E-state index in [1.165, 1.54) is 6.42 Å². The maximum Gasteiger partial charge on any atom is 0.0386 e. The Kier molecular flexibility index (Phi) is 0.104. The van der Waals surface area contributed by atoms with Crippen LogP contribution in [0.25, 0.3) is 0 Å². The molecule has 0 spiro atoms. The zero-order valence-corrected chi connectivity index (χ0v) is 3.36. The van der Waals surface area contributed by atoms with E-state index in [-0.39, 0.29) is 0 Å². The molecule has 1 heterocycles. The van der Waals surface area contributed by atoms with E-state index in [1.54, 1.807) is 11.4 Å². The molecular weight excluding hydrogens is 74.1 g/mol. The molecule has 0 radical (unpaired) electrons. The summed E-state index contributed by atoms with van der Waals surface area (Å²) in [4.78, 5) is 0. The molecule has 1 heteroatoms. The fourth-order valence-electron chi connectivity index (χ4n) is 1.44. The van der Waals surface area contributed by atoms with Gasteiger partial charge in [0.1, 0.15) is 0 Å². The molecule has 0 saturated heterocycles. The average Bonchev–Trinajstić information content (AvgIpc) is 2.04. The molecule has 1 N–H and O–H groups in total. The number of rotatable bonds is 0. The molecule has 2 aliphatic carbocycles. The summed E-state index contributed by atoms with van der Waals surface area (Å²) in [6, 6.07) is 0. The van der Waals surface area contributed by atoms with E-state index in [2.05, 4.69) is 5.32 Å². The van der Waals surface area contributed by atoms with Gasteiger partial charge in [-0.15, -0.1) is 0 Å². The van der Waals surface area contributed by atoms with Gasteiger partial charge in [-0.3, -0.25) is 0 Å². The summed E-state index contributed by atoms with van der Waals surface area (Å²) in [5, 5.41) is 3.24. The van der Waals surface area contributed by atoms with Crippen LogP contribution in [-0.4, -0.2) is 0 Å². The van der Waals surface area contributed by atoms with Crippen molar-refractivity contribution in [2.45, 2.75) is 6.42 Å². The lowest BCUT2D eigenvalue weighted by atomic mass is 10.1. The number of hydrogen-bond acceptors (Lipinski definition) is 1. The van der Waals surface area contributed by atoms with E-state index < -0.39 is 0 Å². The normalized spacial score (nSPS) is 54.7. The summed E-state index contributed by atoms with van der Waals surface area (Å²) in [5.74, 6) is 2.08. The van der Waals surface area contributed by atoms with Gasteiger partial charge >= 0.3 is 0 Å². The van der Waals surface area contributed by atoms with Crippen molar-refractivity contribution >= 4 is 0 Å². The number of nitrogens with one attached hydrogen (secondary N) is 1. The molecule has 30 valence electrons. The van der Waals surface area contributed by atoms with Crippen LogP contribution in [0.1, 0.15) is 6.42 Å². The molecule has 0 amide bonds. The van der Waals surface area contributed by atoms with Crippen molar-refractivity contribution < 1.29 is 0 Å². The third-order valence-corrected chi connectivity index (χ3v) is 2.03. The second-order valence-corrected chi connectivity index (χ2v) is 2.40. The van der Waals surface area contributed by atoms with Crippen molar-refractivity contribution in [3.63, 3.8) is 0 Å². The van der Waals surface area contributed by atoms with Crippen molar-refractivity contribution in [2.24, 2.45) is 11.8 Å². The van der Waals surface area contributed by atoms with E-state index in [0.717, 1.165) is 11.8 Å². The predicted molar refractivity (Wildman–Crippen MR) is 21.8 cm³/mol. The van der Waals surface area contributed by atoms with Crippen LogP contribution in [0, 0.1) is 11.8 Å². The minimum absolute atomic E-state index is 1.04. The van der Waals surface area contributed by atoms with E-state index in [0.29, 0.717) is 0 Å². The van der Waals surface area contributed by atoms with Gasteiger partial charge in [-0.1, -0.05) is 0 Å². The van der Waals surface area contributed by atoms with Gasteiger partial charge in [0.15, 0.2) is 0 Å². The van der Waals surface area contributed by atoms with Gasteiger partial charge in [0.05, 0.1) is 0 Å². The zero-order valence-electron chi connectivity index (χ0n) is 3.36. The molecule has 1 aliphatic heterocycles. The summed E-state index contributed by atoms with van der Waals surface area (Å²) in [7, 11) is 0. The van der Waals surface area contributed by atoms with Crippen molar-refractivity contribution in [3.05, 3.63) is 11.4 Å². The van der Waals surface area contributed by atoms with Crippen LogP contribution in [0.4, 0.5) is 0 Å². The van der Waals surface area contributed by atoms with Crippen LogP contribution in [0.15, 0.2) is 11.4 Å². The quantitative estimate of drug-likeness (QED) is 0.447. The first-order valence-electron chi connectivity index (χ1n) is 2.48. The minimum atomic E-state index is 1.04. The third kappa shape index (κ3) is 0.0598. The molecule has 6 heavy (non-hydrogen) atoms. The van der Waals surface area contributed by atoms with Gasteiger partial charge in [0, 0.05) is 23.2 Å². The van der Waals surface area contributed by atoms with Gasteiger partial charge in [0.2, 0.25) is 0 Å². The third-order valence-electron chi connectivity index (χ3n) is 2.03. The summed E-state index contributed by atoms with van der Waals surface area (Å²) in [6.45, 7) is 0. The van der Waals surface area contributed by atoms with Crippen LogP contribution in [0.3, 0.4) is 0 Å². The molecule has 3 rings (SSSR count). The molecule has 0 aromatic carbocycles. The summed E-state index contributed by atoms with van der Waals surface area (Å²) < 4.78 is 0. The fourth-order valence-corrected chi connectivity index (χ4v) is 1.44. The van der Waals surface area contributed by atoms with Crippen molar-refractivity contribution in [2.75, 3.05) is 0 Å². The second-order valence-electron chi connectivity index (χ2n) is 2.40. The Morgan fingerprint density at radius 1 is 1.33 bits per heavy atom. The Bertz CT molecular complexity index is 141. The van der Waals surface area contributed by atoms with Gasteiger partial charge in [0.25, 0.3) is 0 Å². The van der Waals surface area contributed by atoms with Crippen molar-refractivity contribution in [1.29, 1.82) is 0 Å². The van der Waals surface area contributed by atoms with Crippen LogP contribution in [-0.2, 0) is 0 Å². The number of allylic oxidation sites excluding steroid dienone is 2. The monoisotopic (exact) mass is 79.0 g/mol. The van der Waals surface area contributed by atoms with E-state index in [4.69, 9.17) is 0 Å². The average molecular weight is 79.1 g/mol. The molecule has 2 atom stereocenters. The number of piperidine rings is 1. The first-order valence-corrected chi connectivity index (χ1v) is 2.48. The molecule has 1 saturated carbocycles. The lowest BCUT2D eigenvalue weighted by Gasteiger charge is -1.84. The van der Waals surface area contributed by atoms with Gasteiger partial charge in [-0.05, 0) is 6.42 Å². The van der Waals surface area contributed by atoms with Crippen molar-refractivity contribution in [1.82, 2.24) is 5.32 Å². The minimum Gasteiger partial charge on any atom is -0.359 e. The first kappa shape index (κ1) is 2.01. The fraction of sp³-hybridized carbons (Fsp3) is 0.600. The lowest BCUT2D eigenvalue weighted by molar-refractivity contribution is 0.907. The van der Waals surface area contributed by atoms with Crippen LogP contribution in [0.2, 0.25) is 0 Å². The molecule has 1 fully saturated rings. The van der Waals surface area contributed by atoms with Gasteiger partial charge in [-0.2, -0.15) is 0 Å². The Balaban J connectivity index is 2.35. The molecule has 0 aromatic heterocycles. The molecular formula is C5H5N. The smallest absolute Gasteiger partial charge is 0.0386 e. The molecule has 0 bridgehead atoms.